The fourth-order valence-corrected chi connectivity index (χ4v) is 7.85. The Labute approximate surface area is 273 Å². The van der Waals surface area contributed by atoms with Gasteiger partial charge < -0.3 is 19.1 Å². The Hall–Kier alpha value is -3.93. The zero-order chi connectivity index (χ0) is 32.8. The average molecular weight is 645 g/mol. The van der Waals surface area contributed by atoms with Gasteiger partial charge in [-0.1, -0.05) is 6.07 Å². The number of likely N-dealkylation sites (tertiary alicyclic amines) is 1. The van der Waals surface area contributed by atoms with Crippen molar-refractivity contribution in [1.29, 1.82) is 0 Å². The van der Waals surface area contributed by atoms with Gasteiger partial charge in [-0.05, 0) is 80.6 Å². The van der Waals surface area contributed by atoms with E-state index in [4.69, 9.17) is 19.2 Å². The van der Waals surface area contributed by atoms with Crippen LogP contribution in [0.25, 0.3) is 10.9 Å². The van der Waals surface area contributed by atoms with Gasteiger partial charge in [-0.3, -0.25) is 24.6 Å². The van der Waals surface area contributed by atoms with E-state index in [-0.39, 0.29) is 60.7 Å². The fourth-order valence-electron chi connectivity index (χ4n) is 7.85. The lowest BCUT2D eigenvalue weighted by molar-refractivity contribution is -0.136. The monoisotopic (exact) mass is 644 g/mol. The standard InChI is InChI=1S/C36H41FN4O6/c1-20-10-24(11-21(2)46-20)30-7-4-23-12-22(13-29(37)34(23)38-30)15-40-16-26(19-45-3)32(18-40)47-27-5-6-28-25(14-27)17-41(36(28)44)31-8-9-33(42)39-35(31)43/h4-7,12-14,20-21,24,26,31-32H,8-11,15-19H2,1-3H3,(H,39,42,43)/t20?,21?,24?,26-,31-,32+/m0/s1. The van der Waals surface area contributed by atoms with Crippen LogP contribution in [-0.2, 0) is 32.2 Å². The number of nitrogens with zero attached hydrogens (tertiary/aromatic N) is 3. The summed E-state index contributed by atoms with van der Waals surface area (Å²) >= 11 is 0. The first kappa shape index (κ1) is 31.7. The number of imide groups is 1. The van der Waals surface area contributed by atoms with Crippen LogP contribution >= 0.6 is 0 Å². The Balaban J connectivity index is 1.03. The van der Waals surface area contributed by atoms with E-state index in [1.165, 1.54) is 4.90 Å². The van der Waals surface area contributed by atoms with Crippen molar-refractivity contribution in [2.75, 3.05) is 26.8 Å². The third-order valence-corrected chi connectivity index (χ3v) is 9.97. The van der Waals surface area contributed by atoms with Crippen LogP contribution in [0.3, 0.4) is 0 Å². The van der Waals surface area contributed by atoms with Gasteiger partial charge >= 0.3 is 0 Å². The number of hydrogen-bond acceptors (Lipinski definition) is 8. The smallest absolute Gasteiger partial charge is 0.255 e. The lowest BCUT2D eigenvalue weighted by Gasteiger charge is -2.31. The molecule has 1 aromatic heterocycles. The number of nitrogens with one attached hydrogen (secondary N) is 1. The molecule has 0 aliphatic carbocycles. The zero-order valence-electron chi connectivity index (χ0n) is 27.0. The maximum atomic E-state index is 15.5. The average Bonchev–Trinajstić information content (AvgIpc) is 3.55. The number of ether oxygens (including phenoxy) is 3. The summed E-state index contributed by atoms with van der Waals surface area (Å²) < 4.78 is 33.4. The molecule has 11 heteroatoms. The largest absolute Gasteiger partial charge is 0.489 e. The molecule has 4 aliphatic heterocycles. The topological polar surface area (TPSA) is 110 Å². The lowest BCUT2D eigenvalue weighted by Crippen LogP contribution is -2.52. The van der Waals surface area contributed by atoms with Crippen LogP contribution < -0.4 is 10.1 Å². The fraction of sp³-hybridized carbons (Fsp3) is 0.500. The molecular weight excluding hydrogens is 603 g/mol. The van der Waals surface area contributed by atoms with Gasteiger partial charge in [0, 0.05) is 68.2 Å². The van der Waals surface area contributed by atoms with Crippen molar-refractivity contribution in [3.05, 3.63) is 70.7 Å². The van der Waals surface area contributed by atoms with E-state index in [9.17, 15) is 14.4 Å². The molecular formula is C36H41FN4O6. The molecule has 2 unspecified atom stereocenters. The summed E-state index contributed by atoms with van der Waals surface area (Å²) in [7, 11) is 1.67. The molecule has 248 valence electrons. The number of benzene rings is 2. The zero-order valence-corrected chi connectivity index (χ0v) is 27.0. The van der Waals surface area contributed by atoms with Crippen LogP contribution in [0.1, 0.15) is 72.6 Å². The van der Waals surface area contributed by atoms with Crippen molar-refractivity contribution in [3.8, 4) is 5.75 Å². The molecule has 1 N–H and O–H groups in total. The number of carbonyl (C=O) groups is 3. The number of aromatic nitrogens is 1. The minimum atomic E-state index is -0.663. The number of rotatable bonds is 8. The minimum Gasteiger partial charge on any atom is -0.489 e. The van der Waals surface area contributed by atoms with E-state index in [0.717, 1.165) is 41.6 Å². The van der Waals surface area contributed by atoms with E-state index >= 15 is 4.39 Å². The van der Waals surface area contributed by atoms with Crippen molar-refractivity contribution in [2.24, 2.45) is 5.92 Å². The molecule has 3 aromatic rings. The quantitative estimate of drug-likeness (QED) is 0.361. The molecule has 10 nitrogen and oxygen atoms in total. The van der Waals surface area contributed by atoms with Gasteiger partial charge in [-0.2, -0.15) is 0 Å². The van der Waals surface area contributed by atoms with E-state index in [1.54, 1.807) is 25.3 Å². The highest BCUT2D eigenvalue weighted by atomic mass is 19.1. The molecule has 0 spiro atoms. The number of pyridine rings is 1. The molecule has 3 amide bonds. The van der Waals surface area contributed by atoms with Gasteiger partial charge in [0.15, 0.2) is 0 Å². The van der Waals surface area contributed by atoms with Crippen molar-refractivity contribution in [3.63, 3.8) is 0 Å². The second-order valence-corrected chi connectivity index (χ2v) is 13.6. The molecule has 7 rings (SSSR count). The summed E-state index contributed by atoms with van der Waals surface area (Å²) in [6.07, 6.45) is 2.44. The van der Waals surface area contributed by atoms with Gasteiger partial charge in [-0.25, -0.2) is 9.37 Å². The molecule has 5 atom stereocenters. The van der Waals surface area contributed by atoms with E-state index in [2.05, 4.69) is 24.1 Å². The van der Waals surface area contributed by atoms with Gasteiger partial charge in [0.1, 0.15) is 29.2 Å². The number of amides is 3. The summed E-state index contributed by atoms with van der Waals surface area (Å²) in [5, 5.41) is 3.13. The predicted molar refractivity (Wildman–Crippen MR) is 171 cm³/mol. The number of methoxy groups -OCH3 is 1. The molecule has 47 heavy (non-hydrogen) atoms. The van der Waals surface area contributed by atoms with Crippen molar-refractivity contribution >= 4 is 28.6 Å². The highest BCUT2D eigenvalue weighted by Gasteiger charge is 2.40. The summed E-state index contributed by atoms with van der Waals surface area (Å²) in [5.41, 5.74) is 3.54. The van der Waals surface area contributed by atoms with Crippen molar-refractivity contribution in [2.45, 2.75) is 82.9 Å². The third kappa shape index (κ3) is 6.48. The predicted octanol–water partition coefficient (Wildman–Crippen LogP) is 4.33. The van der Waals surface area contributed by atoms with Crippen LogP contribution in [0.15, 0.2) is 42.5 Å². The molecule has 0 bridgehead atoms. The minimum absolute atomic E-state index is 0.0913. The Morgan fingerprint density at radius 1 is 1.04 bits per heavy atom. The molecule has 0 saturated carbocycles. The first-order valence-electron chi connectivity index (χ1n) is 16.5. The van der Waals surface area contributed by atoms with Crippen LogP contribution in [-0.4, -0.2) is 83.7 Å². The Kier molecular flexibility index (Phi) is 8.71. The highest BCUT2D eigenvalue weighted by molar-refractivity contribution is 6.05. The molecule has 2 aromatic carbocycles. The molecule has 4 aliphatic rings. The van der Waals surface area contributed by atoms with E-state index in [1.807, 2.05) is 24.3 Å². The van der Waals surface area contributed by atoms with Gasteiger partial charge in [0.25, 0.3) is 5.91 Å². The van der Waals surface area contributed by atoms with Gasteiger partial charge in [0.2, 0.25) is 11.8 Å². The Bertz CT molecular complexity index is 1710. The maximum Gasteiger partial charge on any atom is 0.255 e. The highest BCUT2D eigenvalue weighted by Crippen LogP contribution is 2.35. The molecule has 3 fully saturated rings. The van der Waals surface area contributed by atoms with Crippen LogP contribution in [0.5, 0.6) is 5.75 Å². The number of hydrogen-bond donors (Lipinski definition) is 1. The van der Waals surface area contributed by atoms with Crippen LogP contribution in [0.4, 0.5) is 4.39 Å². The van der Waals surface area contributed by atoms with Crippen LogP contribution in [0.2, 0.25) is 0 Å². The molecule has 0 radical (unpaired) electrons. The van der Waals surface area contributed by atoms with Crippen LogP contribution in [0, 0.1) is 11.7 Å². The van der Waals surface area contributed by atoms with Gasteiger partial charge in [0.05, 0.1) is 18.8 Å². The summed E-state index contributed by atoms with van der Waals surface area (Å²) in [6, 6.07) is 12.4. The SMILES string of the molecule is COC[C@@H]1CN(Cc2cc(F)c3nc(C4CC(C)OC(C)C4)ccc3c2)C[C@H]1Oc1ccc2c(c1)CN([C@H]1CCC(=O)NC1=O)C2=O. The van der Waals surface area contributed by atoms with Crippen molar-refractivity contribution < 1.29 is 33.0 Å². The summed E-state index contributed by atoms with van der Waals surface area (Å²) in [5.74, 6) is -0.283. The molecule has 3 saturated heterocycles. The van der Waals surface area contributed by atoms with Crippen molar-refractivity contribution in [1.82, 2.24) is 20.1 Å². The second kappa shape index (κ2) is 12.9. The second-order valence-electron chi connectivity index (χ2n) is 13.6. The van der Waals surface area contributed by atoms with Gasteiger partial charge in [-0.15, -0.1) is 0 Å². The normalized spacial score (nSPS) is 28.2. The van der Waals surface area contributed by atoms with E-state index in [0.29, 0.717) is 42.9 Å². The first-order valence-corrected chi connectivity index (χ1v) is 16.5. The first-order chi connectivity index (χ1) is 22.6. The number of carbonyl (C=O) groups excluding carboxylic acids is 3. The summed E-state index contributed by atoms with van der Waals surface area (Å²) in [4.78, 5) is 45.7. The maximum absolute atomic E-state index is 15.5. The molecule has 5 heterocycles. The third-order valence-electron chi connectivity index (χ3n) is 9.97. The summed E-state index contributed by atoms with van der Waals surface area (Å²) in [6.45, 7) is 6.86. The number of halogens is 1. The number of fused-ring (bicyclic) bond motifs is 2. The Morgan fingerprint density at radius 2 is 1.85 bits per heavy atom. The Morgan fingerprint density at radius 3 is 2.62 bits per heavy atom. The number of piperidine rings is 1. The lowest BCUT2D eigenvalue weighted by atomic mass is 9.89. The van der Waals surface area contributed by atoms with E-state index < -0.39 is 11.9 Å².